The Morgan fingerprint density at radius 3 is 2.62 bits per heavy atom. The molecule has 2 aromatic rings. The lowest BCUT2D eigenvalue weighted by molar-refractivity contribution is 0.0204. The van der Waals surface area contributed by atoms with Crippen molar-refractivity contribution in [2.45, 2.75) is 45.1 Å². The lowest BCUT2D eigenvalue weighted by Gasteiger charge is -2.33. The first-order valence-electron chi connectivity index (χ1n) is 8.10. The number of hydrogen-bond donors (Lipinski definition) is 2. The Kier molecular flexibility index (Phi) is 3.98. The van der Waals surface area contributed by atoms with Crippen molar-refractivity contribution < 1.29 is 9.53 Å². The maximum atomic E-state index is 12.1. The van der Waals surface area contributed by atoms with Crippen LogP contribution in [0.2, 0.25) is 0 Å². The average Bonchev–Trinajstić information content (AvgIpc) is 2.85. The van der Waals surface area contributed by atoms with Gasteiger partial charge in [0.05, 0.1) is 11.4 Å². The molecule has 1 aliphatic rings. The zero-order valence-electron chi connectivity index (χ0n) is 14.2. The van der Waals surface area contributed by atoms with Gasteiger partial charge < -0.3 is 20.4 Å². The maximum Gasteiger partial charge on any atom is 0.410 e. The molecule has 1 saturated heterocycles. The molecule has 0 spiro atoms. The Morgan fingerprint density at radius 2 is 2.04 bits per heavy atom. The van der Waals surface area contributed by atoms with Gasteiger partial charge in [0.25, 0.3) is 5.56 Å². The summed E-state index contributed by atoms with van der Waals surface area (Å²) in [5.41, 5.74) is 7.19. The highest BCUT2D eigenvalue weighted by molar-refractivity contribution is 5.69. The van der Waals surface area contributed by atoms with Gasteiger partial charge >= 0.3 is 6.09 Å². The summed E-state index contributed by atoms with van der Waals surface area (Å²) in [5, 5.41) is 4.38. The van der Waals surface area contributed by atoms with Crippen molar-refractivity contribution in [1.29, 1.82) is 0 Å². The molecule has 0 radical (unpaired) electrons. The van der Waals surface area contributed by atoms with Gasteiger partial charge in [0.15, 0.2) is 5.65 Å². The topological polar surface area (TPSA) is 106 Å². The zero-order valence-corrected chi connectivity index (χ0v) is 14.2. The van der Waals surface area contributed by atoms with Gasteiger partial charge in [-0.15, -0.1) is 0 Å². The van der Waals surface area contributed by atoms with Crippen LogP contribution < -0.4 is 11.3 Å². The predicted octanol–water partition coefficient (Wildman–Crippen LogP) is 1.72. The van der Waals surface area contributed by atoms with Gasteiger partial charge in [-0.2, -0.15) is 9.61 Å². The van der Waals surface area contributed by atoms with Crippen molar-refractivity contribution in [2.24, 2.45) is 0 Å². The molecule has 3 heterocycles. The molecule has 3 rings (SSSR count). The van der Waals surface area contributed by atoms with Crippen LogP contribution in [0, 0.1) is 0 Å². The second kappa shape index (κ2) is 5.85. The molecular formula is C16H23N5O3. The number of H-pyrrole nitrogens is 1. The number of carbonyl (C=O) groups excluding carboxylic acids is 1. The number of rotatable bonds is 1. The van der Waals surface area contributed by atoms with Crippen LogP contribution in [0.25, 0.3) is 5.65 Å². The highest BCUT2D eigenvalue weighted by Crippen LogP contribution is 2.32. The molecule has 3 N–H and O–H groups in total. The van der Waals surface area contributed by atoms with Crippen molar-refractivity contribution in [2.75, 3.05) is 18.8 Å². The van der Waals surface area contributed by atoms with E-state index < -0.39 is 5.60 Å². The fourth-order valence-corrected chi connectivity index (χ4v) is 2.97. The van der Waals surface area contributed by atoms with Crippen molar-refractivity contribution in [3.8, 4) is 0 Å². The van der Waals surface area contributed by atoms with Crippen molar-refractivity contribution in [1.82, 2.24) is 19.5 Å². The van der Waals surface area contributed by atoms with Gasteiger partial charge in [-0.05, 0) is 33.6 Å². The quantitative estimate of drug-likeness (QED) is 0.826. The van der Waals surface area contributed by atoms with Crippen LogP contribution in [0.1, 0.15) is 45.2 Å². The molecular weight excluding hydrogens is 310 g/mol. The monoisotopic (exact) mass is 333 g/mol. The Bertz CT molecular complexity index is 809. The second-order valence-electron chi connectivity index (χ2n) is 7.12. The SMILES string of the molecule is CC(C)(C)OC(=O)N1CCC(c2nn3c(=O)cc[nH]c3c2N)CC1. The minimum Gasteiger partial charge on any atom is -0.444 e. The molecule has 130 valence electrons. The lowest BCUT2D eigenvalue weighted by atomic mass is 9.93. The normalized spacial score (nSPS) is 16.5. The lowest BCUT2D eigenvalue weighted by Crippen LogP contribution is -2.41. The minimum absolute atomic E-state index is 0.122. The Labute approximate surface area is 139 Å². The van der Waals surface area contributed by atoms with E-state index in [9.17, 15) is 9.59 Å². The van der Waals surface area contributed by atoms with E-state index >= 15 is 0 Å². The van der Waals surface area contributed by atoms with E-state index in [1.165, 1.54) is 10.6 Å². The van der Waals surface area contributed by atoms with Gasteiger partial charge in [0.2, 0.25) is 0 Å². The first kappa shape index (κ1) is 16.4. The zero-order chi connectivity index (χ0) is 17.5. The summed E-state index contributed by atoms with van der Waals surface area (Å²) in [4.78, 5) is 28.6. The number of nitrogens with two attached hydrogens (primary N) is 1. The first-order valence-corrected chi connectivity index (χ1v) is 8.10. The summed E-state index contributed by atoms with van der Waals surface area (Å²) in [6.07, 6.45) is 2.74. The summed E-state index contributed by atoms with van der Waals surface area (Å²) in [5.74, 6) is 0.122. The van der Waals surface area contributed by atoms with Gasteiger partial charge in [0.1, 0.15) is 5.60 Å². The summed E-state index contributed by atoms with van der Waals surface area (Å²) in [6.45, 7) is 6.73. The predicted molar refractivity (Wildman–Crippen MR) is 90.0 cm³/mol. The van der Waals surface area contributed by atoms with E-state index in [2.05, 4.69) is 10.1 Å². The van der Waals surface area contributed by atoms with E-state index in [1.807, 2.05) is 20.8 Å². The summed E-state index contributed by atoms with van der Waals surface area (Å²) in [6, 6.07) is 1.41. The number of nitrogen functional groups attached to an aromatic ring is 1. The van der Waals surface area contributed by atoms with Gasteiger partial charge in [0, 0.05) is 31.3 Å². The number of aromatic amines is 1. The number of nitrogens with one attached hydrogen (secondary N) is 1. The van der Waals surface area contributed by atoms with Crippen LogP contribution in [0.4, 0.5) is 10.5 Å². The van der Waals surface area contributed by atoms with E-state index in [-0.39, 0.29) is 17.6 Å². The van der Waals surface area contributed by atoms with E-state index in [1.54, 1.807) is 11.1 Å². The Morgan fingerprint density at radius 1 is 1.38 bits per heavy atom. The molecule has 24 heavy (non-hydrogen) atoms. The maximum absolute atomic E-state index is 12.1. The van der Waals surface area contributed by atoms with Crippen LogP contribution in [-0.2, 0) is 4.74 Å². The third kappa shape index (κ3) is 3.08. The van der Waals surface area contributed by atoms with Crippen molar-refractivity contribution in [3.05, 3.63) is 28.3 Å². The molecule has 1 aliphatic heterocycles. The molecule has 0 atom stereocenters. The van der Waals surface area contributed by atoms with E-state index in [0.717, 1.165) is 18.5 Å². The second-order valence-corrected chi connectivity index (χ2v) is 7.12. The summed E-state index contributed by atoms with van der Waals surface area (Å²) < 4.78 is 6.70. The number of carbonyl (C=O) groups is 1. The van der Waals surface area contributed by atoms with Gasteiger partial charge in [-0.1, -0.05) is 0 Å². The van der Waals surface area contributed by atoms with Gasteiger partial charge in [-0.25, -0.2) is 4.79 Å². The third-order valence-corrected chi connectivity index (χ3v) is 4.14. The van der Waals surface area contributed by atoms with Crippen LogP contribution in [0.5, 0.6) is 0 Å². The molecule has 1 amide bonds. The van der Waals surface area contributed by atoms with Crippen molar-refractivity contribution >= 4 is 17.4 Å². The number of fused-ring (bicyclic) bond motifs is 1. The summed E-state index contributed by atoms with van der Waals surface area (Å²) >= 11 is 0. The molecule has 0 bridgehead atoms. The number of aromatic nitrogens is 3. The number of likely N-dealkylation sites (tertiary alicyclic amines) is 1. The van der Waals surface area contributed by atoms with E-state index in [4.69, 9.17) is 10.5 Å². The van der Waals surface area contributed by atoms with Crippen LogP contribution in [0.3, 0.4) is 0 Å². The van der Waals surface area contributed by atoms with Crippen LogP contribution in [-0.4, -0.2) is 44.3 Å². The third-order valence-electron chi connectivity index (χ3n) is 4.14. The number of anilines is 1. The van der Waals surface area contributed by atoms with E-state index in [0.29, 0.717) is 24.4 Å². The fraction of sp³-hybridized carbons (Fsp3) is 0.562. The Balaban J connectivity index is 1.74. The number of ether oxygens (including phenoxy) is 1. The fourth-order valence-electron chi connectivity index (χ4n) is 2.97. The minimum atomic E-state index is -0.500. The summed E-state index contributed by atoms with van der Waals surface area (Å²) in [7, 11) is 0. The largest absolute Gasteiger partial charge is 0.444 e. The highest BCUT2D eigenvalue weighted by atomic mass is 16.6. The van der Waals surface area contributed by atoms with Crippen LogP contribution >= 0.6 is 0 Å². The number of nitrogens with zero attached hydrogens (tertiary/aromatic N) is 3. The molecule has 1 fully saturated rings. The number of piperidine rings is 1. The first-order chi connectivity index (χ1) is 11.3. The number of hydrogen-bond acceptors (Lipinski definition) is 5. The standard InChI is InChI=1S/C16H23N5O3/c1-16(2,3)24-15(23)20-8-5-10(6-9-20)13-12(17)14-18-7-4-11(22)21(14)19-13/h4,7,10,18H,5-6,8-9,17H2,1-3H3. The molecule has 8 nitrogen and oxygen atoms in total. The molecule has 2 aromatic heterocycles. The highest BCUT2D eigenvalue weighted by Gasteiger charge is 2.30. The van der Waals surface area contributed by atoms with Gasteiger partial charge in [-0.3, -0.25) is 4.79 Å². The molecule has 0 saturated carbocycles. The Hall–Kier alpha value is -2.51. The smallest absolute Gasteiger partial charge is 0.410 e. The molecule has 0 aromatic carbocycles. The molecule has 0 aliphatic carbocycles. The number of amides is 1. The van der Waals surface area contributed by atoms with Crippen LogP contribution in [0.15, 0.2) is 17.1 Å². The average molecular weight is 333 g/mol. The molecule has 8 heteroatoms. The molecule has 0 unspecified atom stereocenters. The van der Waals surface area contributed by atoms with Crippen molar-refractivity contribution in [3.63, 3.8) is 0 Å².